The van der Waals surface area contributed by atoms with Crippen molar-refractivity contribution in [3.8, 4) is 11.5 Å². The van der Waals surface area contributed by atoms with Crippen LogP contribution in [-0.4, -0.2) is 37.6 Å². The van der Waals surface area contributed by atoms with Crippen molar-refractivity contribution in [1.82, 2.24) is 10.2 Å². The van der Waals surface area contributed by atoms with Crippen LogP contribution in [0, 0.1) is 12.8 Å². The van der Waals surface area contributed by atoms with Crippen LogP contribution >= 0.6 is 0 Å². The number of benzene rings is 3. The van der Waals surface area contributed by atoms with Gasteiger partial charge in [0.25, 0.3) is 5.91 Å². The van der Waals surface area contributed by atoms with E-state index in [0.717, 1.165) is 65.6 Å². The fourth-order valence-electron chi connectivity index (χ4n) is 5.85. The number of nitrogens with one attached hydrogen (secondary N) is 1. The number of fused-ring (bicyclic) bond motifs is 3. The second-order valence-corrected chi connectivity index (χ2v) is 12.3. The van der Waals surface area contributed by atoms with Crippen LogP contribution in [0.4, 0.5) is 0 Å². The van der Waals surface area contributed by atoms with Crippen LogP contribution in [0.25, 0.3) is 0 Å². The summed E-state index contributed by atoms with van der Waals surface area (Å²) in [6, 6.07) is 19.1. The van der Waals surface area contributed by atoms with E-state index in [1.54, 1.807) is 7.11 Å². The summed E-state index contributed by atoms with van der Waals surface area (Å²) in [4.78, 5) is 16.0. The van der Waals surface area contributed by atoms with Crippen molar-refractivity contribution < 1.29 is 14.3 Å². The van der Waals surface area contributed by atoms with Crippen LogP contribution in [0.5, 0.6) is 11.5 Å². The Bertz CT molecular complexity index is 1340. The highest BCUT2D eigenvalue weighted by Crippen LogP contribution is 2.31. The van der Waals surface area contributed by atoms with Crippen molar-refractivity contribution in [3.05, 3.63) is 93.5 Å². The molecule has 3 aromatic rings. The number of nitrogens with zero attached hydrogens (tertiary/aromatic N) is 1. The van der Waals surface area contributed by atoms with Gasteiger partial charge in [0, 0.05) is 31.6 Å². The SMILES string of the molecule is COc1cc(C)c(CNC(=O)c2ccc3c(c2)Cc2cccc(c2)CN(CC2CC2)CCCCCO3)cc1C(C)C. The average Bonchev–Trinajstić information content (AvgIpc) is 3.78. The van der Waals surface area contributed by atoms with E-state index in [1.165, 1.54) is 43.4 Å². The summed E-state index contributed by atoms with van der Waals surface area (Å²) in [6.45, 7) is 11.0. The Balaban J connectivity index is 1.33. The molecular formula is C36H46N2O3. The Labute approximate surface area is 246 Å². The van der Waals surface area contributed by atoms with Crippen molar-refractivity contribution in [2.75, 3.05) is 26.8 Å². The first-order chi connectivity index (χ1) is 19.9. The van der Waals surface area contributed by atoms with Gasteiger partial charge in [-0.2, -0.15) is 0 Å². The standard InChI is InChI=1S/C36H46N2O3/c1-25(2)33-21-32(26(3)17-35(33)40-4)22-37-36(39)30-13-14-34-31(20-30)19-28-9-8-10-29(18-28)24-38(23-27-11-12-27)15-6-5-7-16-41-34/h8-10,13-14,17-18,20-21,25,27H,5-7,11-12,15-16,19,22-24H2,1-4H3,(H,37,39). The van der Waals surface area contributed by atoms with E-state index in [1.807, 2.05) is 18.2 Å². The lowest BCUT2D eigenvalue weighted by atomic mass is 9.96. The maximum absolute atomic E-state index is 13.3. The lowest BCUT2D eigenvalue weighted by Crippen LogP contribution is -2.27. The Kier molecular flexibility index (Phi) is 9.66. The van der Waals surface area contributed by atoms with Crippen LogP contribution in [0.15, 0.2) is 54.6 Å². The summed E-state index contributed by atoms with van der Waals surface area (Å²) >= 11 is 0. The number of hydrogen-bond acceptors (Lipinski definition) is 4. The van der Waals surface area contributed by atoms with Crippen LogP contribution < -0.4 is 14.8 Å². The summed E-state index contributed by atoms with van der Waals surface area (Å²) in [5.74, 6) is 2.94. The summed E-state index contributed by atoms with van der Waals surface area (Å²) in [5.41, 5.74) is 7.72. The molecule has 5 nitrogen and oxygen atoms in total. The predicted molar refractivity (Wildman–Crippen MR) is 166 cm³/mol. The summed E-state index contributed by atoms with van der Waals surface area (Å²) in [5, 5.41) is 3.16. The van der Waals surface area contributed by atoms with Gasteiger partial charge in [0.05, 0.1) is 13.7 Å². The molecule has 1 fully saturated rings. The summed E-state index contributed by atoms with van der Waals surface area (Å²) in [7, 11) is 1.71. The van der Waals surface area contributed by atoms with E-state index in [0.29, 0.717) is 24.6 Å². The Morgan fingerprint density at radius 3 is 2.66 bits per heavy atom. The molecule has 1 saturated carbocycles. The van der Waals surface area contributed by atoms with Gasteiger partial charge in [-0.1, -0.05) is 38.1 Å². The summed E-state index contributed by atoms with van der Waals surface area (Å²) < 4.78 is 11.9. The molecule has 5 heteroatoms. The van der Waals surface area contributed by atoms with Crippen LogP contribution in [0.3, 0.4) is 0 Å². The van der Waals surface area contributed by atoms with E-state index < -0.39 is 0 Å². The molecule has 1 amide bonds. The molecule has 1 heterocycles. The first kappa shape index (κ1) is 29.2. The van der Waals surface area contributed by atoms with Gasteiger partial charge < -0.3 is 14.8 Å². The van der Waals surface area contributed by atoms with Gasteiger partial charge in [-0.15, -0.1) is 0 Å². The molecule has 2 bridgehead atoms. The molecule has 0 spiro atoms. The highest BCUT2D eigenvalue weighted by molar-refractivity contribution is 5.94. The Morgan fingerprint density at radius 2 is 1.88 bits per heavy atom. The second kappa shape index (κ2) is 13.6. The zero-order chi connectivity index (χ0) is 28.8. The van der Waals surface area contributed by atoms with Crippen molar-refractivity contribution >= 4 is 5.91 Å². The molecule has 41 heavy (non-hydrogen) atoms. The number of methoxy groups -OCH3 is 1. The minimum Gasteiger partial charge on any atom is -0.496 e. The van der Waals surface area contributed by atoms with Crippen molar-refractivity contribution in [2.24, 2.45) is 5.92 Å². The molecule has 1 N–H and O–H groups in total. The zero-order valence-corrected chi connectivity index (χ0v) is 25.3. The molecule has 218 valence electrons. The van der Waals surface area contributed by atoms with Gasteiger partial charge in [-0.25, -0.2) is 0 Å². The quantitative estimate of drug-likeness (QED) is 0.330. The largest absolute Gasteiger partial charge is 0.496 e. The van der Waals surface area contributed by atoms with Crippen molar-refractivity contribution in [2.45, 2.75) is 78.3 Å². The van der Waals surface area contributed by atoms with Gasteiger partial charge in [-0.3, -0.25) is 9.69 Å². The number of ether oxygens (including phenoxy) is 2. The lowest BCUT2D eigenvalue weighted by Gasteiger charge is -2.23. The first-order valence-corrected chi connectivity index (χ1v) is 15.4. The van der Waals surface area contributed by atoms with Crippen LogP contribution in [-0.2, 0) is 19.5 Å². The molecule has 1 aliphatic carbocycles. The maximum Gasteiger partial charge on any atom is 0.251 e. The molecule has 0 unspecified atom stereocenters. The second-order valence-electron chi connectivity index (χ2n) is 12.3. The molecule has 1 aliphatic heterocycles. The average molecular weight is 555 g/mol. The van der Waals surface area contributed by atoms with E-state index in [-0.39, 0.29) is 5.91 Å². The van der Waals surface area contributed by atoms with Gasteiger partial charge in [-0.05, 0) is 121 Å². The predicted octanol–water partition coefficient (Wildman–Crippen LogP) is 7.42. The number of amides is 1. The number of carbonyl (C=O) groups excluding carboxylic acids is 1. The molecule has 5 rings (SSSR count). The van der Waals surface area contributed by atoms with E-state index in [9.17, 15) is 4.79 Å². The third-order valence-corrected chi connectivity index (χ3v) is 8.45. The van der Waals surface area contributed by atoms with Gasteiger partial charge in [0.1, 0.15) is 11.5 Å². The fraction of sp³-hybridized carbons (Fsp3) is 0.472. The van der Waals surface area contributed by atoms with E-state index in [2.05, 4.69) is 67.4 Å². The highest BCUT2D eigenvalue weighted by Gasteiger charge is 2.24. The molecule has 0 saturated heterocycles. The van der Waals surface area contributed by atoms with E-state index >= 15 is 0 Å². The highest BCUT2D eigenvalue weighted by atomic mass is 16.5. The monoisotopic (exact) mass is 554 g/mol. The number of aryl methyl sites for hydroxylation is 1. The minimum atomic E-state index is -0.0713. The molecule has 3 aromatic carbocycles. The lowest BCUT2D eigenvalue weighted by molar-refractivity contribution is 0.0950. The molecular weight excluding hydrogens is 508 g/mol. The third-order valence-electron chi connectivity index (χ3n) is 8.45. The van der Waals surface area contributed by atoms with Gasteiger partial charge in [0.15, 0.2) is 0 Å². The third kappa shape index (κ3) is 7.91. The van der Waals surface area contributed by atoms with Crippen LogP contribution in [0.1, 0.15) is 95.6 Å². The minimum absolute atomic E-state index is 0.0713. The molecule has 2 aliphatic rings. The topological polar surface area (TPSA) is 50.8 Å². The summed E-state index contributed by atoms with van der Waals surface area (Å²) in [6.07, 6.45) is 6.92. The smallest absolute Gasteiger partial charge is 0.251 e. The fourth-order valence-corrected chi connectivity index (χ4v) is 5.85. The van der Waals surface area contributed by atoms with Crippen molar-refractivity contribution in [3.63, 3.8) is 0 Å². The number of hydrogen-bond donors (Lipinski definition) is 1. The number of rotatable bonds is 7. The molecule has 0 radical (unpaired) electrons. The van der Waals surface area contributed by atoms with Crippen molar-refractivity contribution in [1.29, 1.82) is 0 Å². The van der Waals surface area contributed by atoms with E-state index in [4.69, 9.17) is 9.47 Å². The molecule has 0 atom stereocenters. The van der Waals surface area contributed by atoms with Crippen LogP contribution in [0.2, 0.25) is 0 Å². The maximum atomic E-state index is 13.3. The van der Waals surface area contributed by atoms with Gasteiger partial charge >= 0.3 is 0 Å². The zero-order valence-electron chi connectivity index (χ0n) is 25.3. The Hall–Kier alpha value is -3.31. The number of carbonyl (C=O) groups is 1. The normalized spacial score (nSPS) is 16.4. The Morgan fingerprint density at radius 1 is 1.05 bits per heavy atom. The van der Waals surface area contributed by atoms with Gasteiger partial charge in [0.2, 0.25) is 0 Å². The molecule has 0 aromatic heterocycles. The first-order valence-electron chi connectivity index (χ1n) is 15.4.